The van der Waals surface area contributed by atoms with Crippen molar-refractivity contribution in [3.05, 3.63) is 59.7 Å². The lowest BCUT2D eigenvalue weighted by Crippen LogP contribution is -2.39. The summed E-state index contributed by atoms with van der Waals surface area (Å²) in [5.41, 5.74) is 0.973. The predicted molar refractivity (Wildman–Crippen MR) is 119 cm³/mol. The Labute approximate surface area is 194 Å². The quantitative estimate of drug-likeness (QED) is 0.176. The van der Waals surface area contributed by atoms with Gasteiger partial charge in [-0.05, 0) is 30.7 Å². The summed E-state index contributed by atoms with van der Waals surface area (Å²) in [6.45, 7) is -3.31. The van der Waals surface area contributed by atoms with Crippen molar-refractivity contribution in [3.63, 3.8) is 0 Å². The molecule has 0 fully saturated rings. The Morgan fingerprint density at radius 2 is 1.61 bits per heavy atom. The van der Waals surface area contributed by atoms with Crippen LogP contribution in [0.2, 0.25) is 0 Å². The molecular formula is C20H24F4IN3O3. The highest BCUT2D eigenvalue weighted by atomic mass is 127. The molecule has 0 heterocycles. The Morgan fingerprint density at radius 1 is 0.968 bits per heavy atom. The first kappa shape index (κ1) is 26.8. The monoisotopic (exact) mass is 557 g/mol. The van der Waals surface area contributed by atoms with Crippen LogP contribution in [0.1, 0.15) is 24.2 Å². The third-order valence-corrected chi connectivity index (χ3v) is 3.89. The molecule has 0 aliphatic heterocycles. The van der Waals surface area contributed by atoms with E-state index in [1.807, 2.05) is 6.92 Å². The molecule has 2 aromatic carbocycles. The van der Waals surface area contributed by atoms with Gasteiger partial charge in [-0.3, -0.25) is 0 Å². The number of nitrogens with one attached hydrogen (secondary N) is 2. The zero-order chi connectivity index (χ0) is 21.9. The fourth-order valence-corrected chi connectivity index (χ4v) is 2.53. The van der Waals surface area contributed by atoms with Crippen LogP contribution >= 0.6 is 24.0 Å². The molecule has 0 aliphatic carbocycles. The smallest absolute Gasteiger partial charge is 0.387 e. The first-order valence-electron chi connectivity index (χ1n) is 9.16. The van der Waals surface area contributed by atoms with E-state index in [0.717, 1.165) is 0 Å². The fraction of sp³-hybridized carbons (Fsp3) is 0.350. The summed E-state index contributed by atoms with van der Waals surface area (Å²) in [5, 5.41) is 16.2. The molecule has 0 radical (unpaired) electrons. The summed E-state index contributed by atoms with van der Waals surface area (Å²) in [4.78, 5) is 4.32. The van der Waals surface area contributed by atoms with E-state index < -0.39 is 19.3 Å². The van der Waals surface area contributed by atoms with E-state index in [1.54, 1.807) is 18.2 Å². The van der Waals surface area contributed by atoms with Gasteiger partial charge in [-0.25, -0.2) is 4.99 Å². The van der Waals surface area contributed by atoms with Crippen LogP contribution < -0.4 is 20.1 Å². The van der Waals surface area contributed by atoms with E-state index in [0.29, 0.717) is 23.6 Å². The lowest BCUT2D eigenvalue weighted by Gasteiger charge is -2.16. The Hall–Kier alpha value is -2.28. The molecule has 3 N–H and O–H groups in total. The summed E-state index contributed by atoms with van der Waals surface area (Å²) < 4.78 is 58.2. The minimum atomic E-state index is -2.94. The minimum absolute atomic E-state index is 0. The molecule has 2 rings (SSSR count). The molecule has 0 aromatic heterocycles. The highest BCUT2D eigenvalue weighted by Gasteiger charge is 2.12. The topological polar surface area (TPSA) is 75.1 Å². The SMILES string of the molecule is CCNC(=NCc1ccccc1OC(F)F)NCC(O)c1ccc(OC(F)F)cc1.I. The molecule has 0 saturated heterocycles. The molecule has 0 aliphatic rings. The van der Waals surface area contributed by atoms with Gasteiger partial charge >= 0.3 is 13.2 Å². The molecule has 1 atom stereocenters. The molecular weight excluding hydrogens is 533 g/mol. The van der Waals surface area contributed by atoms with E-state index in [4.69, 9.17) is 0 Å². The van der Waals surface area contributed by atoms with Gasteiger partial charge in [-0.2, -0.15) is 17.6 Å². The maximum Gasteiger partial charge on any atom is 0.387 e. The van der Waals surface area contributed by atoms with Gasteiger partial charge in [-0.15, -0.1) is 24.0 Å². The maximum absolute atomic E-state index is 12.5. The van der Waals surface area contributed by atoms with Crippen molar-refractivity contribution in [2.75, 3.05) is 13.1 Å². The van der Waals surface area contributed by atoms with Crippen molar-refractivity contribution in [2.24, 2.45) is 4.99 Å². The van der Waals surface area contributed by atoms with Crippen LogP contribution in [0.3, 0.4) is 0 Å². The van der Waals surface area contributed by atoms with Crippen molar-refractivity contribution in [3.8, 4) is 11.5 Å². The fourth-order valence-electron chi connectivity index (χ4n) is 2.53. The van der Waals surface area contributed by atoms with Crippen LogP contribution in [-0.4, -0.2) is 37.4 Å². The Balaban J connectivity index is 0.00000480. The third-order valence-electron chi connectivity index (χ3n) is 3.89. The van der Waals surface area contributed by atoms with Crippen LogP contribution in [0.5, 0.6) is 11.5 Å². The summed E-state index contributed by atoms with van der Waals surface area (Å²) in [5.74, 6) is 0.396. The molecule has 172 valence electrons. The predicted octanol–water partition coefficient (Wildman–Crippen LogP) is 4.30. The number of rotatable bonds is 10. The second-order valence-corrected chi connectivity index (χ2v) is 6.03. The molecule has 0 bridgehead atoms. The third kappa shape index (κ3) is 9.59. The number of aliphatic hydroxyl groups excluding tert-OH is 1. The lowest BCUT2D eigenvalue weighted by molar-refractivity contribution is -0.0508. The van der Waals surface area contributed by atoms with Crippen molar-refractivity contribution >= 4 is 29.9 Å². The number of hydrogen-bond donors (Lipinski definition) is 3. The van der Waals surface area contributed by atoms with E-state index in [1.165, 1.54) is 30.3 Å². The largest absolute Gasteiger partial charge is 0.435 e. The van der Waals surface area contributed by atoms with Gasteiger partial charge in [0.25, 0.3) is 0 Å². The lowest BCUT2D eigenvalue weighted by atomic mass is 10.1. The van der Waals surface area contributed by atoms with Crippen LogP contribution in [0.4, 0.5) is 17.6 Å². The number of benzene rings is 2. The normalized spacial score (nSPS) is 12.3. The van der Waals surface area contributed by atoms with Crippen molar-refractivity contribution < 1.29 is 32.1 Å². The zero-order valence-electron chi connectivity index (χ0n) is 16.6. The van der Waals surface area contributed by atoms with Gasteiger partial charge in [0, 0.05) is 18.7 Å². The number of nitrogens with zero attached hydrogens (tertiary/aromatic N) is 1. The number of halogens is 5. The number of guanidine groups is 1. The molecule has 0 saturated carbocycles. The van der Waals surface area contributed by atoms with Crippen LogP contribution in [-0.2, 0) is 6.54 Å². The minimum Gasteiger partial charge on any atom is -0.435 e. The van der Waals surface area contributed by atoms with Crippen molar-refractivity contribution in [1.82, 2.24) is 10.6 Å². The van der Waals surface area contributed by atoms with Gasteiger partial charge in [0.1, 0.15) is 11.5 Å². The molecule has 0 amide bonds. The highest BCUT2D eigenvalue weighted by molar-refractivity contribution is 14.0. The molecule has 6 nitrogen and oxygen atoms in total. The first-order valence-corrected chi connectivity index (χ1v) is 9.16. The van der Waals surface area contributed by atoms with E-state index in [-0.39, 0.29) is 48.6 Å². The summed E-state index contributed by atoms with van der Waals surface area (Å²) in [6, 6.07) is 12.0. The zero-order valence-corrected chi connectivity index (χ0v) is 18.9. The van der Waals surface area contributed by atoms with Gasteiger partial charge in [0.2, 0.25) is 0 Å². The number of aliphatic hydroxyl groups is 1. The van der Waals surface area contributed by atoms with E-state index in [9.17, 15) is 22.7 Å². The average molecular weight is 557 g/mol. The number of aliphatic imine (C=N–C) groups is 1. The highest BCUT2D eigenvalue weighted by Crippen LogP contribution is 2.21. The van der Waals surface area contributed by atoms with Crippen LogP contribution in [0.15, 0.2) is 53.5 Å². The molecule has 2 aromatic rings. The number of hydrogen-bond acceptors (Lipinski definition) is 4. The number of ether oxygens (including phenoxy) is 2. The second-order valence-electron chi connectivity index (χ2n) is 6.03. The number of alkyl halides is 4. The second kappa shape index (κ2) is 13.9. The van der Waals surface area contributed by atoms with Gasteiger partial charge in [0.15, 0.2) is 5.96 Å². The van der Waals surface area contributed by atoms with Gasteiger partial charge in [0.05, 0.1) is 12.6 Å². The maximum atomic E-state index is 12.5. The number of para-hydroxylation sites is 1. The Kier molecular flexibility index (Phi) is 12.0. The molecule has 1 unspecified atom stereocenters. The van der Waals surface area contributed by atoms with Gasteiger partial charge < -0.3 is 25.2 Å². The molecule has 0 spiro atoms. The van der Waals surface area contributed by atoms with Crippen molar-refractivity contribution in [2.45, 2.75) is 32.8 Å². The van der Waals surface area contributed by atoms with Crippen molar-refractivity contribution in [1.29, 1.82) is 0 Å². The average Bonchev–Trinajstić information content (AvgIpc) is 2.70. The summed E-state index contributed by atoms with van der Waals surface area (Å²) in [7, 11) is 0. The summed E-state index contributed by atoms with van der Waals surface area (Å²) >= 11 is 0. The standard InChI is InChI=1S/C20H23F4N3O3.HI/c1-2-25-20(26-11-14-5-3-4-6-17(14)30-19(23)24)27-12-16(28)13-7-9-15(10-8-13)29-18(21)22;/h3-10,16,18-19,28H,2,11-12H2,1H3,(H2,25,26,27);1H. The Morgan fingerprint density at radius 3 is 2.23 bits per heavy atom. The Bertz CT molecular complexity index is 811. The first-order chi connectivity index (χ1) is 14.4. The molecule has 31 heavy (non-hydrogen) atoms. The van der Waals surface area contributed by atoms with Gasteiger partial charge in [-0.1, -0.05) is 30.3 Å². The van der Waals surface area contributed by atoms with E-state index >= 15 is 0 Å². The summed E-state index contributed by atoms with van der Waals surface area (Å²) in [6.07, 6.45) is -0.941. The van der Waals surface area contributed by atoms with Crippen LogP contribution in [0.25, 0.3) is 0 Å². The molecule has 11 heteroatoms. The van der Waals surface area contributed by atoms with Crippen LogP contribution in [0, 0.1) is 0 Å². The van der Waals surface area contributed by atoms with E-state index in [2.05, 4.69) is 25.1 Å².